The Hall–Kier alpha value is -0.710. The monoisotopic (exact) mass is 342 g/mol. The van der Waals surface area contributed by atoms with E-state index in [-0.39, 0.29) is 29.0 Å². The van der Waals surface area contributed by atoms with Crippen LogP contribution in [0.3, 0.4) is 0 Å². The van der Waals surface area contributed by atoms with Crippen molar-refractivity contribution in [3.05, 3.63) is 24.3 Å². The number of piperidine rings is 1. The summed E-state index contributed by atoms with van der Waals surface area (Å²) < 4.78 is 0.204. The summed E-state index contributed by atoms with van der Waals surface area (Å²) in [6.45, 7) is 9.67. The fourth-order valence-corrected chi connectivity index (χ4v) is 3.55. The summed E-state index contributed by atoms with van der Waals surface area (Å²) in [7, 11) is 0. The lowest BCUT2D eigenvalue weighted by Gasteiger charge is -2.27. The van der Waals surface area contributed by atoms with Crippen molar-refractivity contribution in [1.29, 1.82) is 0 Å². The van der Waals surface area contributed by atoms with Crippen LogP contribution in [0.15, 0.2) is 29.2 Å². The van der Waals surface area contributed by atoms with Crippen LogP contribution in [0.1, 0.15) is 40.5 Å². The highest BCUT2D eigenvalue weighted by atomic mass is 35.5. The minimum atomic E-state index is 0. The second kappa shape index (κ2) is 8.23. The first kappa shape index (κ1) is 19.3. The Morgan fingerprint density at radius 1 is 1.27 bits per heavy atom. The Morgan fingerprint density at radius 2 is 1.91 bits per heavy atom. The average molecular weight is 343 g/mol. The lowest BCUT2D eigenvalue weighted by atomic mass is 9.92. The van der Waals surface area contributed by atoms with Gasteiger partial charge < -0.3 is 10.6 Å². The fraction of sp³-hybridized carbons (Fsp3) is 0.588. The van der Waals surface area contributed by atoms with Gasteiger partial charge in [-0.05, 0) is 50.6 Å². The van der Waals surface area contributed by atoms with Crippen LogP contribution in [0.4, 0.5) is 5.69 Å². The summed E-state index contributed by atoms with van der Waals surface area (Å²) in [5, 5.41) is 6.42. The van der Waals surface area contributed by atoms with E-state index < -0.39 is 0 Å². The molecule has 0 radical (unpaired) electrons. The predicted molar refractivity (Wildman–Crippen MR) is 98.1 cm³/mol. The van der Waals surface area contributed by atoms with Crippen molar-refractivity contribution in [2.45, 2.75) is 56.2 Å². The summed E-state index contributed by atoms with van der Waals surface area (Å²) in [5.41, 5.74) is 0.893. The second-order valence-electron chi connectivity index (χ2n) is 6.80. The fourth-order valence-electron chi connectivity index (χ4n) is 2.57. The molecule has 1 heterocycles. The van der Waals surface area contributed by atoms with Crippen LogP contribution in [-0.2, 0) is 4.79 Å². The number of anilines is 1. The van der Waals surface area contributed by atoms with Crippen LogP contribution in [0, 0.1) is 5.92 Å². The van der Waals surface area contributed by atoms with Crippen LogP contribution < -0.4 is 10.6 Å². The van der Waals surface area contributed by atoms with Gasteiger partial charge in [0.15, 0.2) is 0 Å². The van der Waals surface area contributed by atoms with Gasteiger partial charge in [-0.2, -0.15) is 0 Å². The minimum absolute atomic E-state index is 0. The van der Waals surface area contributed by atoms with Crippen molar-refractivity contribution >= 4 is 35.8 Å². The molecule has 1 fully saturated rings. The maximum absolute atomic E-state index is 12.3. The molecule has 1 aliphatic heterocycles. The van der Waals surface area contributed by atoms with Gasteiger partial charge in [-0.1, -0.05) is 20.8 Å². The van der Waals surface area contributed by atoms with E-state index in [1.54, 1.807) is 0 Å². The number of hydrogen-bond acceptors (Lipinski definition) is 3. The van der Waals surface area contributed by atoms with Crippen LogP contribution in [-0.4, -0.2) is 23.2 Å². The Kier molecular flexibility index (Phi) is 7.23. The number of benzene rings is 1. The van der Waals surface area contributed by atoms with Crippen LogP contribution >= 0.6 is 24.2 Å². The molecule has 0 aliphatic carbocycles. The van der Waals surface area contributed by atoms with E-state index in [0.717, 1.165) is 25.1 Å². The summed E-state index contributed by atoms with van der Waals surface area (Å²) in [6, 6.07) is 8.58. The first-order valence-electron chi connectivity index (χ1n) is 7.67. The van der Waals surface area contributed by atoms with Gasteiger partial charge >= 0.3 is 0 Å². The molecular formula is C17H27ClN2OS. The second-order valence-corrected chi connectivity index (χ2v) is 8.70. The van der Waals surface area contributed by atoms with Crippen LogP contribution in [0.5, 0.6) is 0 Å². The number of carbonyl (C=O) groups is 1. The molecule has 22 heavy (non-hydrogen) atoms. The quantitative estimate of drug-likeness (QED) is 0.803. The van der Waals surface area contributed by atoms with Gasteiger partial charge in [0.2, 0.25) is 5.91 Å². The average Bonchev–Trinajstić information content (AvgIpc) is 2.39. The number of carbonyl (C=O) groups excluding carboxylic acids is 1. The smallest absolute Gasteiger partial charge is 0.227 e. The van der Waals surface area contributed by atoms with E-state index in [2.05, 4.69) is 50.5 Å². The number of halogens is 1. The van der Waals surface area contributed by atoms with Crippen molar-refractivity contribution < 1.29 is 4.79 Å². The Bertz CT molecular complexity index is 484. The molecule has 1 amide bonds. The highest BCUT2D eigenvalue weighted by Crippen LogP contribution is 2.32. The number of rotatable bonds is 3. The molecule has 0 spiro atoms. The van der Waals surface area contributed by atoms with E-state index in [1.807, 2.05) is 23.9 Å². The molecular weight excluding hydrogens is 316 g/mol. The van der Waals surface area contributed by atoms with E-state index in [9.17, 15) is 4.79 Å². The Labute approximate surface area is 144 Å². The zero-order valence-corrected chi connectivity index (χ0v) is 15.4. The van der Waals surface area contributed by atoms with Crippen molar-refractivity contribution in [2.24, 2.45) is 5.92 Å². The molecule has 2 N–H and O–H groups in total. The normalized spacial score (nSPS) is 21.8. The van der Waals surface area contributed by atoms with Gasteiger partial charge in [0.05, 0.1) is 0 Å². The van der Waals surface area contributed by atoms with Gasteiger partial charge in [0, 0.05) is 27.3 Å². The summed E-state index contributed by atoms with van der Waals surface area (Å²) in [6.07, 6.45) is 1.85. The Balaban J connectivity index is 0.00000242. The highest BCUT2D eigenvalue weighted by molar-refractivity contribution is 8.00. The first-order valence-corrected chi connectivity index (χ1v) is 8.48. The van der Waals surface area contributed by atoms with Crippen molar-refractivity contribution in [1.82, 2.24) is 5.32 Å². The summed E-state index contributed by atoms with van der Waals surface area (Å²) >= 11 is 1.84. The van der Waals surface area contributed by atoms with Crippen molar-refractivity contribution in [3.63, 3.8) is 0 Å². The molecule has 1 aromatic carbocycles. The SMILES string of the molecule is C[C@H]1C[C@@H](C(=O)Nc2ccc(SC(C)(C)C)cc2)CCN1.Cl. The van der Waals surface area contributed by atoms with Gasteiger partial charge in [-0.3, -0.25) is 4.79 Å². The third kappa shape index (κ3) is 6.19. The number of thioether (sulfide) groups is 1. The highest BCUT2D eigenvalue weighted by Gasteiger charge is 2.24. The first-order chi connectivity index (χ1) is 9.83. The topological polar surface area (TPSA) is 41.1 Å². The molecule has 124 valence electrons. The third-order valence-electron chi connectivity index (χ3n) is 3.54. The van der Waals surface area contributed by atoms with Gasteiger partial charge in [0.1, 0.15) is 0 Å². The van der Waals surface area contributed by atoms with Gasteiger partial charge in [-0.25, -0.2) is 0 Å². The van der Waals surface area contributed by atoms with Crippen molar-refractivity contribution in [3.8, 4) is 0 Å². The maximum atomic E-state index is 12.3. The van der Waals surface area contributed by atoms with E-state index in [0.29, 0.717) is 6.04 Å². The lowest BCUT2D eigenvalue weighted by Crippen LogP contribution is -2.40. The zero-order valence-electron chi connectivity index (χ0n) is 13.8. The van der Waals surface area contributed by atoms with E-state index in [4.69, 9.17) is 0 Å². The minimum Gasteiger partial charge on any atom is -0.326 e. The molecule has 0 aromatic heterocycles. The lowest BCUT2D eigenvalue weighted by molar-refractivity contribution is -0.120. The number of amides is 1. The standard InChI is InChI=1S/C17H26N2OS.ClH/c1-12-11-13(9-10-18-12)16(20)19-14-5-7-15(8-6-14)21-17(2,3)4;/h5-8,12-13,18H,9-11H2,1-4H3,(H,19,20);1H/t12-,13-;/m0./s1. The molecule has 2 atom stereocenters. The molecule has 1 saturated heterocycles. The number of nitrogens with one attached hydrogen (secondary N) is 2. The van der Waals surface area contributed by atoms with Crippen molar-refractivity contribution in [2.75, 3.05) is 11.9 Å². The molecule has 0 bridgehead atoms. The van der Waals surface area contributed by atoms with E-state index in [1.165, 1.54) is 4.90 Å². The molecule has 0 unspecified atom stereocenters. The zero-order chi connectivity index (χ0) is 15.5. The maximum Gasteiger partial charge on any atom is 0.227 e. The van der Waals surface area contributed by atoms with Crippen LogP contribution in [0.25, 0.3) is 0 Å². The molecule has 2 rings (SSSR count). The van der Waals surface area contributed by atoms with Gasteiger partial charge in [0.25, 0.3) is 0 Å². The predicted octanol–water partition coefficient (Wildman–Crippen LogP) is 4.33. The summed E-state index contributed by atoms with van der Waals surface area (Å²) in [4.78, 5) is 13.5. The number of hydrogen-bond donors (Lipinski definition) is 2. The summed E-state index contributed by atoms with van der Waals surface area (Å²) in [5.74, 6) is 0.282. The third-order valence-corrected chi connectivity index (χ3v) is 4.66. The largest absolute Gasteiger partial charge is 0.326 e. The molecule has 1 aliphatic rings. The Morgan fingerprint density at radius 3 is 2.45 bits per heavy atom. The molecule has 1 aromatic rings. The molecule has 5 heteroatoms. The van der Waals surface area contributed by atoms with E-state index >= 15 is 0 Å². The van der Waals surface area contributed by atoms with Crippen LogP contribution in [0.2, 0.25) is 0 Å². The van der Waals surface area contributed by atoms with Gasteiger partial charge in [-0.15, -0.1) is 24.2 Å². The molecule has 0 saturated carbocycles. The molecule has 3 nitrogen and oxygen atoms in total.